The zero-order chi connectivity index (χ0) is 26.5. The molecule has 0 aromatic heterocycles. The van der Waals surface area contributed by atoms with Gasteiger partial charge in [0.25, 0.3) is 0 Å². The second-order valence-electron chi connectivity index (χ2n) is 8.47. The van der Waals surface area contributed by atoms with Gasteiger partial charge in [-0.15, -0.1) is 0 Å². The molecule has 8 nitrogen and oxygen atoms in total. The van der Waals surface area contributed by atoms with Gasteiger partial charge >= 0.3 is 11.9 Å². The Balaban J connectivity index is 1.30. The highest BCUT2D eigenvalue weighted by Crippen LogP contribution is 2.31. The van der Waals surface area contributed by atoms with E-state index in [0.29, 0.717) is 22.0 Å². The summed E-state index contributed by atoms with van der Waals surface area (Å²) in [6.45, 7) is 1.49. The molecule has 1 fully saturated rings. The van der Waals surface area contributed by atoms with E-state index in [1.165, 1.54) is 36.3 Å². The average molecular weight is 522 g/mol. The smallest absolute Gasteiger partial charge is 0.343 e. The van der Waals surface area contributed by atoms with Crippen molar-refractivity contribution in [2.24, 2.45) is 5.92 Å². The number of carbonyl (C=O) groups excluding carboxylic acids is 4. The van der Waals surface area contributed by atoms with Gasteiger partial charge in [0.15, 0.2) is 12.4 Å². The maximum Gasteiger partial charge on any atom is 0.343 e. The quantitative estimate of drug-likeness (QED) is 0.241. The SMILES string of the molecule is COc1cccc(C(=O)Oc2ccc(C(=O)COC(=O)[C@H]3CC(=O)N(c4cccc(Cl)c4C)C3)cc2)c1. The number of Topliss-reactive ketones (excluding diaryl/α,β-unsaturated/α-hetero) is 1. The number of methoxy groups -OCH3 is 1. The fraction of sp³-hybridized carbons (Fsp3) is 0.214. The number of hydrogen-bond acceptors (Lipinski definition) is 7. The number of hydrogen-bond donors (Lipinski definition) is 0. The number of anilines is 1. The zero-order valence-corrected chi connectivity index (χ0v) is 21.0. The molecule has 4 rings (SSSR count). The Labute approximate surface area is 218 Å². The Morgan fingerprint density at radius 3 is 2.43 bits per heavy atom. The van der Waals surface area contributed by atoms with E-state index in [4.69, 9.17) is 25.8 Å². The van der Waals surface area contributed by atoms with Crippen LogP contribution < -0.4 is 14.4 Å². The Morgan fingerprint density at radius 2 is 1.70 bits per heavy atom. The number of benzene rings is 3. The van der Waals surface area contributed by atoms with Gasteiger partial charge in [0.05, 0.1) is 18.6 Å². The van der Waals surface area contributed by atoms with Crippen molar-refractivity contribution in [3.8, 4) is 11.5 Å². The van der Waals surface area contributed by atoms with Gasteiger partial charge < -0.3 is 19.1 Å². The lowest BCUT2D eigenvalue weighted by Crippen LogP contribution is -2.27. The third kappa shape index (κ3) is 5.98. The van der Waals surface area contributed by atoms with E-state index < -0.39 is 30.2 Å². The molecule has 0 saturated carbocycles. The normalized spacial score (nSPS) is 14.8. The molecular formula is C28H24ClNO7. The topological polar surface area (TPSA) is 99.2 Å². The fourth-order valence-corrected chi connectivity index (χ4v) is 4.12. The summed E-state index contributed by atoms with van der Waals surface area (Å²) < 4.78 is 15.7. The van der Waals surface area contributed by atoms with Gasteiger partial charge in [0.1, 0.15) is 11.5 Å². The van der Waals surface area contributed by atoms with Crippen molar-refractivity contribution in [2.45, 2.75) is 13.3 Å². The monoisotopic (exact) mass is 521 g/mol. The molecule has 0 spiro atoms. The van der Waals surface area contributed by atoms with Crippen LogP contribution in [0.1, 0.15) is 32.7 Å². The van der Waals surface area contributed by atoms with Crippen LogP contribution in [0.3, 0.4) is 0 Å². The molecule has 0 unspecified atom stereocenters. The van der Waals surface area contributed by atoms with Gasteiger partial charge in [0.2, 0.25) is 5.91 Å². The Bertz CT molecular complexity index is 1350. The molecule has 0 aliphatic carbocycles. The van der Waals surface area contributed by atoms with E-state index in [9.17, 15) is 19.2 Å². The van der Waals surface area contributed by atoms with Gasteiger partial charge in [-0.05, 0) is 67.1 Å². The lowest BCUT2D eigenvalue weighted by atomic mass is 10.1. The lowest BCUT2D eigenvalue weighted by molar-refractivity contribution is -0.147. The first kappa shape index (κ1) is 25.9. The molecule has 1 amide bonds. The minimum absolute atomic E-state index is 0.00761. The van der Waals surface area contributed by atoms with E-state index in [1.807, 2.05) is 0 Å². The molecule has 37 heavy (non-hydrogen) atoms. The third-order valence-electron chi connectivity index (χ3n) is 6.03. The summed E-state index contributed by atoms with van der Waals surface area (Å²) in [5, 5.41) is 0.531. The van der Waals surface area contributed by atoms with Crippen molar-refractivity contribution < 1.29 is 33.4 Å². The molecule has 9 heteroatoms. The van der Waals surface area contributed by atoms with E-state index in [-0.39, 0.29) is 30.2 Å². The Morgan fingerprint density at radius 1 is 0.973 bits per heavy atom. The molecule has 3 aromatic rings. The molecule has 3 aromatic carbocycles. The van der Waals surface area contributed by atoms with Crippen molar-refractivity contribution in [3.63, 3.8) is 0 Å². The van der Waals surface area contributed by atoms with Gasteiger partial charge in [-0.3, -0.25) is 14.4 Å². The first-order chi connectivity index (χ1) is 17.8. The largest absolute Gasteiger partial charge is 0.497 e. The van der Waals surface area contributed by atoms with E-state index in [2.05, 4.69) is 0 Å². The van der Waals surface area contributed by atoms with Crippen LogP contribution in [0.2, 0.25) is 5.02 Å². The van der Waals surface area contributed by atoms with Crippen LogP contribution in [0.4, 0.5) is 5.69 Å². The van der Waals surface area contributed by atoms with Crippen molar-refractivity contribution in [1.29, 1.82) is 0 Å². The summed E-state index contributed by atoms with van der Waals surface area (Å²) in [5.41, 5.74) is 2.00. The summed E-state index contributed by atoms with van der Waals surface area (Å²) in [6.07, 6.45) is -0.00761. The maximum absolute atomic E-state index is 12.6. The summed E-state index contributed by atoms with van der Waals surface area (Å²) in [6, 6.07) is 17.7. The number of rotatable bonds is 8. The van der Waals surface area contributed by atoms with Crippen LogP contribution in [0.15, 0.2) is 66.7 Å². The summed E-state index contributed by atoms with van der Waals surface area (Å²) in [5.74, 6) is -1.73. The van der Waals surface area contributed by atoms with Crippen LogP contribution in [-0.2, 0) is 14.3 Å². The van der Waals surface area contributed by atoms with Crippen molar-refractivity contribution >= 4 is 40.9 Å². The van der Waals surface area contributed by atoms with E-state index in [0.717, 1.165) is 5.56 Å². The van der Waals surface area contributed by atoms with E-state index >= 15 is 0 Å². The van der Waals surface area contributed by atoms with Crippen LogP contribution in [-0.4, -0.2) is 43.9 Å². The zero-order valence-electron chi connectivity index (χ0n) is 20.2. The molecule has 1 heterocycles. The van der Waals surface area contributed by atoms with Crippen LogP contribution >= 0.6 is 11.6 Å². The van der Waals surface area contributed by atoms with Crippen LogP contribution in [0.25, 0.3) is 0 Å². The van der Waals surface area contributed by atoms with Crippen molar-refractivity contribution in [1.82, 2.24) is 0 Å². The molecule has 0 bridgehead atoms. The van der Waals surface area contributed by atoms with Gasteiger partial charge in [0, 0.05) is 29.2 Å². The Hall–Kier alpha value is -4.17. The third-order valence-corrected chi connectivity index (χ3v) is 6.44. The second-order valence-corrected chi connectivity index (χ2v) is 8.87. The number of amides is 1. The summed E-state index contributed by atoms with van der Waals surface area (Å²) in [7, 11) is 1.50. The minimum atomic E-state index is -0.683. The van der Waals surface area contributed by atoms with Crippen molar-refractivity contribution in [3.05, 3.63) is 88.4 Å². The Kier molecular flexibility index (Phi) is 7.89. The highest BCUT2D eigenvalue weighted by molar-refractivity contribution is 6.31. The number of halogens is 1. The fourth-order valence-electron chi connectivity index (χ4n) is 3.95. The molecule has 1 atom stereocenters. The highest BCUT2D eigenvalue weighted by atomic mass is 35.5. The molecule has 0 N–H and O–H groups in total. The number of carbonyl (C=O) groups is 4. The predicted octanol–water partition coefficient (Wildman–Crippen LogP) is 4.66. The molecule has 1 saturated heterocycles. The molecule has 0 radical (unpaired) electrons. The highest BCUT2D eigenvalue weighted by Gasteiger charge is 2.37. The number of esters is 2. The maximum atomic E-state index is 12.6. The van der Waals surface area contributed by atoms with Crippen LogP contribution in [0, 0.1) is 12.8 Å². The van der Waals surface area contributed by atoms with Gasteiger partial charge in [-0.25, -0.2) is 4.79 Å². The lowest BCUT2D eigenvalue weighted by Gasteiger charge is -2.19. The minimum Gasteiger partial charge on any atom is -0.497 e. The number of ether oxygens (including phenoxy) is 3. The molecule has 1 aliphatic heterocycles. The van der Waals surface area contributed by atoms with Gasteiger partial charge in [-0.1, -0.05) is 23.7 Å². The number of nitrogens with zero attached hydrogens (tertiary/aromatic N) is 1. The van der Waals surface area contributed by atoms with Crippen molar-refractivity contribution in [2.75, 3.05) is 25.2 Å². The van der Waals surface area contributed by atoms with Gasteiger partial charge in [-0.2, -0.15) is 0 Å². The standard InChI is InChI=1S/C28H24ClNO7/c1-17-23(29)7-4-8-24(17)30-15-20(14-26(30)32)27(33)36-16-25(31)18-9-11-21(12-10-18)37-28(34)19-5-3-6-22(13-19)35-2/h3-13,20H,14-16H2,1-2H3/t20-/m0/s1. The summed E-state index contributed by atoms with van der Waals surface area (Å²) >= 11 is 6.16. The second kappa shape index (κ2) is 11.3. The molecular weight excluding hydrogens is 498 g/mol. The van der Waals surface area contributed by atoms with Crippen LogP contribution in [0.5, 0.6) is 11.5 Å². The first-order valence-corrected chi connectivity index (χ1v) is 11.9. The summed E-state index contributed by atoms with van der Waals surface area (Å²) in [4.78, 5) is 51.5. The predicted molar refractivity (Wildman–Crippen MR) is 136 cm³/mol. The average Bonchev–Trinajstić information content (AvgIpc) is 3.30. The molecule has 1 aliphatic rings. The first-order valence-electron chi connectivity index (χ1n) is 11.5. The van der Waals surface area contributed by atoms with E-state index in [1.54, 1.807) is 49.4 Å². The number of ketones is 1. The molecule has 190 valence electrons.